The molecular weight excluding hydrogens is 294 g/mol. The molecule has 108 valence electrons. The summed E-state index contributed by atoms with van der Waals surface area (Å²) >= 11 is 6.49. The second-order valence-corrected chi connectivity index (χ2v) is 5.60. The molecule has 3 heterocycles. The Kier molecular flexibility index (Phi) is 3.20. The number of aromatic nitrogens is 3. The zero-order chi connectivity index (χ0) is 14.9. The lowest BCUT2D eigenvalue weighted by Gasteiger charge is -2.17. The molecule has 22 heavy (non-hydrogen) atoms. The second kappa shape index (κ2) is 5.35. The lowest BCUT2D eigenvalue weighted by atomic mass is 9.93. The zero-order valence-corrected chi connectivity index (χ0v) is 12.5. The predicted octanol–water partition coefficient (Wildman–Crippen LogP) is 4.72. The van der Waals surface area contributed by atoms with E-state index in [1.165, 1.54) is 0 Å². The van der Waals surface area contributed by atoms with Crippen molar-refractivity contribution in [3.8, 4) is 0 Å². The number of halogens is 1. The van der Waals surface area contributed by atoms with E-state index in [1.54, 1.807) is 0 Å². The Morgan fingerprint density at radius 3 is 2.18 bits per heavy atom. The van der Waals surface area contributed by atoms with E-state index in [9.17, 15) is 0 Å². The summed E-state index contributed by atoms with van der Waals surface area (Å²) in [6, 6.07) is 18.3. The minimum absolute atomic E-state index is 0.00889. The normalized spacial score (nSPS) is 11.4. The summed E-state index contributed by atoms with van der Waals surface area (Å²) in [4.78, 5) is 11.1. The summed E-state index contributed by atoms with van der Waals surface area (Å²) in [5.74, 6) is 0.00889. The molecule has 0 atom stereocenters. The van der Waals surface area contributed by atoms with Gasteiger partial charge in [-0.25, -0.2) is 4.98 Å². The molecule has 0 fully saturated rings. The van der Waals surface area contributed by atoms with Crippen molar-refractivity contribution < 1.29 is 0 Å². The van der Waals surface area contributed by atoms with E-state index in [2.05, 4.69) is 39.2 Å². The van der Waals surface area contributed by atoms with Crippen LogP contribution in [0, 0.1) is 0 Å². The monoisotopic (exact) mass is 307 g/mol. The van der Waals surface area contributed by atoms with Crippen molar-refractivity contribution >= 4 is 22.5 Å². The maximum absolute atomic E-state index is 6.49. The van der Waals surface area contributed by atoms with E-state index >= 15 is 0 Å². The molecule has 0 saturated heterocycles. The highest BCUT2D eigenvalue weighted by Gasteiger charge is 2.22. The van der Waals surface area contributed by atoms with E-state index in [0.29, 0.717) is 5.15 Å². The number of rotatable bonds is 3. The van der Waals surface area contributed by atoms with Gasteiger partial charge in [0.2, 0.25) is 0 Å². The average molecular weight is 308 g/mol. The highest BCUT2D eigenvalue weighted by atomic mass is 35.5. The van der Waals surface area contributed by atoms with Gasteiger partial charge in [0, 0.05) is 34.7 Å². The Morgan fingerprint density at radius 2 is 1.55 bits per heavy atom. The topological polar surface area (TPSA) is 44.5 Å². The molecule has 2 N–H and O–H groups in total. The van der Waals surface area contributed by atoms with Gasteiger partial charge in [-0.05, 0) is 36.4 Å². The van der Waals surface area contributed by atoms with Gasteiger partial charge in [-0.3, -0.25) is 0 Å². The van der Waals surface area contributed by atoms with Gasteiger partial charge in [0.1, 0.15) is 5.15 Å². The van der Waals surface area contributed by atoms with Gasteiger partial charge in [-0.1, -0.05) is 29.8 Å². The third-order valence-corrected chi connectivity index (χ3v) is 4.18. The molecule has 3 nitrogen and oxygen atoms in total. The smallest absolute Gasteiger partial charge is 0.134 e. The van der Waals surface area contributed by atoms with Crippen LogP contribution in [-0.2, 0) is 0 Å². The summed E-state index contributed by atoms with van der Waals surface area (Å²) in [7, 11) is 0. The summed E-state index contributed by atoms with van der Waals surface area (Å²) in [5, 5.41) is 1.62. The van der Waals surface area contributed by atoms with Crippen LogP contribution in [0.25, 0.3) is 10.9 Å². The number of benzene rings is 1. The van der Waals surface area contributed by atoms with Crippen LogP contribution >= 0.6 is 11.6 Å². The fraction of sp³-hybridized carbons (Fsp3) is 0.0556. The highest BCUT2D eigenvalue weighted by molar-refractivity contribution is 6.30. The van der Waals surface area contributed by atoms with Crippen LogP contribution in [0.2, 0.25) is 5.15 Å². The second-order valence-electron chi connectivity index (χ2n) is 5.25. The lowest BCUT2D eigenvalue weighted by Crippen LogP contribution is -2.06. The van der Waals surface area contributed by atoms with Crippen molar-refractivity contribution in [3.63, 3.8) is 0 Å². The molecule has 1 aromatic carbocycles. The molecule has 0 bridgehead atoms. The molecule has 0 amide bonds. The quantitative estimate of drug-likeness (QED) is 0.528. The number of H-pyrrole nitrogens is 2. The first-order chi connectivity index (χ1) is 10.8. The molecular formula is C18H14ClN3. The Hall–Kier alpha value is -2.52. The fourth-order valence-corrected chi connectivity index (χ4v) is 3.12. The number of nitrogens with zero attached hydrogens (tertiary/aromatic N) is 1. The molecule has 0 saturated carbocycles. The van der Waals surface area contributed by atoms with Crippen LogP contribution in [-0.4, -0.2) is 15.0 Å². The van der Waals surface area contributed by atoms with E-state index in [4.69, 9.17) is 11.6 Å². The number of aromatic amines is 2. The lowest BCUT2D eigenvalue weighted by molar-refractivity contribution is 0.893. The van der Waals surface area contributed by atoms with Crippen LogP contribution in [0.3, 0.4) is 0 Å². The number of pyridine rings is 1. The van der Waals surface area contributed by atoms with Gasteiger partial charge in [-0.15, -0.1) is 0 Å². The van der Waals surface area contributed by atoms with E-state index in [0.717, 1.165) is 27.9 Å². The molecule has 0 aliphatic heterocycles. The Bertz CT molecular complexity index is 861. The van der Waals surface area contributed by atoms with Crippen molar-refractivity contribution in [2.75, 3.05) is 0 Å². The summed E-state index contributed by atoms with van der Waals surface area (Å²) < 4.78 is 0. The minimum atomic E-state index is 0.00889. The van der Waals surface area contributed by atoms with Gasteiger partial charge >= 0.3 is 0 Å². The number of hydrogen-bond acceptors (Lipinski definition) is 1. The van der Waals surface area contributed by atoms with E-state index in [-0.39, 0.29) is 5.92 Å². The summed E-state index contributed by atoms with van der Waals surface area (Å²) in [6.45, 7) is 0. The van der Waals surface area contributed by atoms with Crippen molar-refractivity contribution in [2.24, 2.45) is 0 Å². The highest BCUT2D eigenvalue weighted by Crippen LogP contribution is 2.35. The van der Waals surface area contributed by atoms with Crippen molar-refractivity contribution in [2.45, 2.75) is 5.92 Å². The van der Waals surface area contributed by atoms with Crippen LogP contribution in [0.5, 0.6) is 0 Å². The molecule has 4 heteroatoms. The van der Waals surface area contributed by atoms with Crippen molar-refractivity contribution in [3.05, 3.63) is 89.1 Å². The van der Waals surface area contributed by atoms with Crippen molar-refractivity contribution in [1.82, 2.24) is 15.0 Å². The molecule has 0 spiro atoms. The van der Waals surface area contributed by atoms with Crippen molar-refractivity contribution in [1.29, 1.82) is 0 Å². The molecule has 0 radical (unpaired) electrons. The molecule has 4 aromatic rings. The van der Waals surface area contributed by atoms with Crippen LogP contribution < -0.4 is 0 Å². The van der Waals surface area contributed by atoms with Gasteiger partial charge in [0.25, 0.3) is 0 Å². The van der Waals surface area contributed by atoms with Gasteiger partial charge < -0.3 is 9.97 Å². The predicted molar refractivity (Wildman–Crippen MR) is 89.3 cm³/mol. The molecule has 0 unspecified atom stereocenters. The Morgan fingerprint density at radius 1 is 0.864 bits per heavy atom. The standard InChI is InChI=1S/C18H14ClN3/c19-18-13(11-12-5-1-2-6-14(12)22-18)17(15-7-3-9-20-15)16-8-4-10-21-16/h1-11,17,20-21H. The first kappa shape index (κ1) is 13.2. The van der Waals surface area contributed by atoms with Gasteiger partial charge in [-0.2, -0.15) is 0 Å². The first-order valence-electron chi connectivity index (χ1n) is 7.14. The van der Waals surface area contributed by atoms with Gasteiger partial charge in [0.15, 0.2) is 0 Å². The van der Waals surface area contributed by atoms with Crippen LogP contribution in [0.15, 0.2) is 67.0 Å². The SMILES string of the molecule is Clc1nc2ccccc2cc1C(c1ccc[nH]1)c1ccc[nH]1. The van der Waals surface area contributed by atoms with Crippen LogP contribution in [0.1, 0.15) is 22.9 Å². The van der Waals surface area contributed by atoms with Crippen LogP contribution in [0.4, 0.5) is 0 Å². The first-order valence-corrected chi connectivity index (χ1v) is 7.52. The molecule has 4 rings (SSSR count). The summed E-state index contributed by atoms with van der Waals surface area (Å²) in [6.07, 6.45) is 3.85. The third kappa shape index (κ3) is 2.20. The average Bonchev–Trinajstić information content (AvgIpc) is 3.22. The molecule has 0 aliphatic rings. The van der Waals surface area contributed by atoms with Gasteiger partial charge in [0.05, 0.1) is 11.4 Å². The molecule has 3 aromatic heterocycles. The fourth-order valence-electron chi connectivity index (χ4n) is 2.86. The number of nitrogens with one attached hydrogen (secondary N) is 2. The largest absolute Gasteiger partial charge is 0.364 e. The molecule has 0 aliphatic carbocycles. The number of fused-ring (bicyclic) bond motifs is 1. The maximum Gasteiger partial charge on any atom is 0.134 e. The summed E-state index contributed by atoms with van der Waals surface area (Å²) in [5.41, 5.74) is 4.07. The number of para-hydroxylation sites is 1. The number of hydrogen-bond donors (Lipinski definition) is 2. The van der Waals surface area contributed by atoms with E-state index < -0.39 is 0 Å². The zero-order valence-electron chi connectivity index (χ0n) is 11.8. The maximum atomic E-state index is 6.49. The van der Waals surface area contributed by atoms with E-state index in [1.807, 2.05) is 42.7 Å². The Balaban J connectivity index is 1.95. The third-order valence-electron chi connectivity index (χ3n) is 3.88. The minimum Gasteiger partial charge on any atom is -0.364 e. The Labute approximate surface area is 133 Å².